The molecule has 0 amide bonds. The van der Waals surface area contributed by atoms with E-state index in [1.807, 2.05) is 6.07 Å². The normalized spacial score (nSPS) is 11.7. The number of hydrogen-bond donors (Lipinski definition) is 0. The Balaban J connectivity index is 1.57. The van der Waals surface area contributed by atoms with Crippen molar-refractivity contribution in [3.63, 3.8) is 0 Å². The summed E-state index contributed by atoms with van der Waals surface area (Å²) < 4.78 is 18.7. The molecular formula is C39H62N2O5Sn. The molecular weight excluding hydrogens is 695 g/mol. The van der Waals surface area contributed by atoms with Crippen molar-refractivity contribution in [1.82, 2.24) is 9.80 Å². The van der Waals surface area contributed by atoms with Crippen LogP contribution in [-0.4, -0.2) is 94.5 Å². The Hall–Kier alpha value is -1.94. The summed E-state index contributed by atoms with van der Waals surface area (Å²) >= 11 is -0.522. The zero-order valence-electron chi connectivity index (χ0n) is 29.9. The Morgan fingerprint density at radius 3 is 1.74 bits per heavy atom. The van der Waals surface area contributed by atoms with Crippen LogP contribution in [-0.2, 0) is 36.9 Å². The molecule has 0 heterocycles. The van der Waals surface area contributed by atoms with Crippen LogP contribution in [0.5, 0.6) is 0 Å². The molecule has 7 nitrogen and oxygen atoms in total. The predicted molar refractivity (Wildman–Crippen MR) is 194 cm³/mol. The summed E-state index contributed by atoms with van der Waals surface area (Å²) in [5.74, 6) is -0.151. The third kappa shape index (κ3) is 21.6. The van der Waals surface area contributed by atoms with Crippen LogP contribution in [0, 0.1) is 0 Å². The molecule has 2 aromatic carbocycles. The second-order valence-corrected chi connectivity index (χ2v) is 17.7. The fraction of sp³-hybridized carbons (Fsp3) is 0.641. The van der Waals surface area contributed by atoms with E-state index in [1.54, 1.807) is 0 Å². The molecule has 8 heteroatoms. The third-order valence-corrected chi connectivity index (χ3v) is 11.1. The van der Waals surface area contributed by atoms with E-state index in [2.05, 4.69) is 92.1 Å². The first-order valence-electron chi connectivity index (χ1n) is 17.9. The Labute approximate surface area is 296 Å². The first kappa shape index (κ1) is 41.2. The molecule has 0 aliphatic carbocycles. The standard InChI is InChI=1S/C37H57N2O5.C2H5.Sn/c1-33(40)43-29-15-5-6-16-30-44-36(41)23-26-38(31-34-19-9-7-10-20-34)24-13-17-27-42-28-18-14-25-39(37(2,3)4)32-35-21-11-8-12-22-35;1-2;/h7-12,19-22H,1,5-6,13-18,23-32H2,2-4H3;1H2,2H3;. The number of ether oxygens (including phenoxy) is 3. The zero-order chi connectivity index (χ0) is 34.0. The van der Waals surface area contributed by atoms with Gasteiger partial charge in [-0.25, -0.2) is 0 Å². The van der Waals surface area contributed by atoms with Gasteiger partial charge in [0.25, 0.3) is 0 Å². The van der Waals surface area contributed by atoms with Crippen LogP contribution in [0.1, 0.15) is 96.6 Å². The molecule has 0 N–H and O–H groups in total. The fourth-order valence-electron chi connectivity index (χ4n) is 5.24. The van der Waals surface area contributed by atoms with Gasteiger partial charge in [-0.2, -0.15) is 0 Å². The Bertz CT molecular complexity index is 1060. The van der Waals surface area contributed by atoms with E-state index in [-0.39, 0.29) is 17.5 Å². The maximum absolute atomic E-state index is 12.5. The van der Waals surface area contributed by atoms with E-state index in [1.165, 1.54) is 15.6 Å². The van der Waals surface area contributed by atoms with Gasteiger partial charge in [-0.15, -0.1) is 0 Å². The summed E-state index contributed by atoms with van der Waals surface area (Å²) in [6, 6.07) is 21.2. The molecule has 262 valence electrons. The van der Waals surface area contributed by atoms with Gasteiger partial charge in [0, 0.05) is 38.4 Å². The van der Waals surface area contributed by atoms with Crippen molar-refractivity contribution in [2.24, 2.45) is 0 Å². The van der Waals surface area contributed by atoms with Crippen LogP contribution >= 0.6 is 0 Å². The van der Waals surface area contributed by atoms with Crippen molar-refractivity contribution < 1.29 is 23.8 Å². The minimum atomic E-state index is -0.522. The van der Waals surface area contributed by atoms with E-state index < -0.39 is 21.1 Å². The second kappa shape index (κ2) is 26.0. The van der Waals surface area contributed by atoms with E-state index >= 15 is 0 Å². The van der Waals surface area contributed by atoms with Crippen molar-refractivity contribution in [3.8, 4) is 0 Å². The van der Waals surface area contributed by atoms with Crippen LogP contribution in [0.2, 0.25) is 8.87 Å². The number of esters is 2. The quantitative estimate of drug-likeness (QED) is 0.0521. The van der Waals surface area contributed by atoms with Crippen molar-refractivity contribution >= 4 is 33.1 Å². The van der Waals surface area contributed by atoms with Crippen molar-refractivity contribution in [1.29, 1.82) is 0 Å². The zero-order valence-corrected chi connectivity index (χ0v) is 32.7. The van der Waals surface area contributed by atoms with E-state index in [4.69, 9.17) is 14.2 Å². The molecule has 47 heavy (non-hydrogen) atoms. The molecule has 0 saturated heterocycles. The number of benzene rings is 2. The van der Waals surface area contributed by atoms with Gasteiger partial charge in [-0.3, -0.25) is 9.80 Å². The number of carbonyl (C=O) groups excluding carboxylic acids is 2. The molecule has 0 bridgehead atoms. The molecule has 2 rings (SSSR count). The minimum Gasteiger partial charge on any atom is -0.381 e. The van der Waals surface area contributed by atoms with Crippen LogP contribution < -0.4 is 0 Å². The van der Waals surface area contributed by atoms with E-state index in [0.29, 0.717) is 30.6 Å². The van der Waals surface area contributed by atoms with Crippen LogP contribution in [0.4, 0.5) is 0 Å². The smallest absolute Gasteiger partial charge is 0.381 e. The monoisotopic (exact) mass is 758 g/mol. The van der Waals surface area contributed by atoms with Gasteiger partial charge >= 0.3 is 113 Å². The van der Waals surface area contributed by atoms with Gasteiger partial charge in [-0.05, 0) is 70.7 Å². The summed E-state index contributed by atoms with van der Waals surface area (Å²) in [6.45, 7) is 16.0. The van der Waals surface area contributed by atoms with Crippen molar-refractivity contribution in [2.75, 3.05) is 46.1 Å². The molecule has 0 aromatic heterocycles. The minimum absolute atomic E-state index is 0.0220. The van der Waals surface area contributed by atoms with Crippen LogP contribution in [0.25, 0.3) is 0 Å². The molecule has 0 atom stereocenters. The topological polar surface area (TPSA) is 68.3 Å². The first-order valence-corrected chi connectivity index (χ1v) is 22.0. The van der Waals surface area contributed by atoms with Gasteiger partial charge in [0.2, 0.25) is 0 Å². The summed E-state index contributed by atoms with van der Waals surface area (Å²) in [6.07, 6.45) is 8.33. The summed E-state index contributed by atoms with van der Waals surface area (Å²) in [5, 5.41) is 0. The molecule has 0 aliphatic heterocycles. The summed E-state index contributed by atoms with van der Waals surface area (Å²) in [4.78, 5) is 29.0. The number of nitrogens with zero attached hydrogens (tertiary/aromatic N) is 2. The van der Waals surface area contributed by atoms with Crippen LogP contribution in [0.15, 0.2) is 60.7 Å². The maximum atomic E-state index is 12.5. The second-order valence-electron chi connectivity index (χ2n) is 13.3. The predicted octanol–water partition coefficient (Wildman–Crippen LogP) is 7.96. The molecule has 0 fully saturated rings. The fourth-order valence-corrected chi connectivity index (χ4v) is 6.83. The van der Waals surface area contributed by atoms with Crippen molar-refractivity contribution in [2.45, 2.75) is 113 Å². The van der Waals surface area contributed by atoms with Crippen molar-refractivity contribution in [3.05, 3.63) is 71.8 Å². The third-order valence-electron chi connectivity index (χ3n) is 8.11. The van der Waals surface area contributed by atoms with Gasteiger partial charge in [0.05, 0.1) is 0 Å². The Morgan fingerprint density at radius 1 is 0.638 bits per heavy atom. The molecule has 0 spiro atoms. The van der Waals surface area contributed by atoms with E-state index in [9.17, 15) is 9.59 Å². The number of carbonyl (C=O) groups is 2. The number of hydrogen-bond acceptors (Lipinski definition) is 7. The molecule has 2 radical (unpaired) electrons. The average Bonchev–Trinajstić information content (AvgIpc) is 3.06. The van der Waals surface area contributed by atoms with Gasteiger partial charge < -0.3 is 4.74 Å². The van der Waals surface area contributed by atoms with Gasteiger partial charge in [-0.1, -0.05) is 60.7 Å². The number of rotatable bonds is 27. The Morgan fingerprint density at radius 2 is 1.17 bits per heavy atom. The molecule has 2 aromatic rings. The number of unbranched alkanes of at least 4 members (excludes halogenated alkanes) is 5. The Kier molecular flexibility index (Phi) is 22.8. The van der Waals surface area contributed by atoms with Gasteiger partial charge in [0.15, 0.2) is 0 Å². The summed E-state index contributed by atoms with van der Waals surface area (Å²) in [7, 11) is 0. The molecule has 0 saturated carbocycles. The SMILES string of the molecule is C[CH2][Sn][CH2]C(=O)OCCCCCCOC(=O)CCN(CCCCOCCCCN(Cc1ccccc1)C(C)(C)C)Cc1ccccc1. The molecule has 0 unspecified atom stereocenters. The average molecular weight is 758 g/mol. The molecule has 0 aliphatic rings. The first-order chi connectivity index (χ1) is 22.8. The van der Waals surface area contributed by atoms with Crippen LogP contribution in [0.3, 0.4) is 0 Å². The van der Waals surface area contributed by atoms with E-state index in [0.717, 1.165) is 90.8 Å². The van der Waals surface area contributed by atoms with Gasteiger partial charge in [0.1, 0.15) is 0 Å². The summed E-state index contributed by atoms with van der Waals surface area (Å²) in [5.41, 5.74) is 2.75.